The Balaban J connectivity index is 2.57. The largest absolute Gasteiger partial charge is 0.508 e. The lowest BCUT2D eigenvalue weighted by molar-refractivity contribution is 0.0816. The number of Topliss-reactive ketones (excluding diaryl/α,β-unsaturated/α-hetero) is 2. The van der Waals surface area contributed by atoms with E-state index in [-0.39, 0.29) is 5.75 Å². The van der Waals surface area contributed by atoms with E-state index in [1.807, 2.05) is 20.8 Å². The van der Waals surface area contributed by atoms with Crippen molar-refractivity contribution in [1.29, 1.82) is 0 Å². The Morgan fingerprint density at radius 1 is 0.826 bits per heavy atom. The van der Waals surface area contributed by atoms with Gasteiger partial charge in [0.2, 0.25) is 11.6 Å². The van der Waals surface area contributed by atoms with Crippen LogP contribution in [0.3, 0.4) is 0 Å². The highest BCUT2D eigenvalue weighted by Gasteiger charge is 2.24. The van der Waals surface area contributed by atoms with Gasteiger partial charge >= 0.3 is 0 Å². The first-order valence-electron chi connectivity index (χ1n) is 8.05. The van der Waals surface area contributed by atoms with Crippen LogP contribution in [0.2, 0.25) is 0 Å². The van der Waals surface area contributed by atoms with Gasteiger partial charge in [0.25, 0.3) is 0 Å². The third-order valence-electron chi connectivity index (χ3n) is 4.19. The summed E-state index contributed by atoms with van der Waals surface area (Å²) in [5, 5.41) is 10.3. The van der Waals surface area contributed by atoms with Crippen molar-refractivity contribution in [2.45, 2.75) is 40.0 Å². The monoisotopic (exact) mass is 310 g/mol. The van der Waals surface area contributed by atoms with Gasteiger partial charge in [0.1, 0.15) is 5.75 Å². The van der Waals surface area contributed by atoms with Crippen LogP contribution in [-0.2, 0) is 19.3 Å². The fourth-order valence-corrected chi connectivity index (χ4v) is 3.08. The third-order valence-corrected chi connectivity index (χ3v) is 4.19. The molecule has 0 unspecified atom stereocenters. The van der Waals surface area contributed by atoms with Crippen molar-refractivity contribution in [3.8, 4) is 5.75 Å². The van der Waals surface area contributed by atoms with Gasteiger partial charge in [0.15, 0.2) is 0 Å². The fourth-order valence-electron chi connectivity index (χ4n) is 3.08. The van der Waals surface area contributed by atoms with E-state index in [9.17, 15) is 14.7 Å². The maximum Gasteiger partial charge on any atom is 0.233 e. The van der Waals surface area contributed by atoms with Gasteiger partial charge in [-0.15, -0.1) is 0 Å². The summed E-state index contributed by atoms with van der Waals surface area (Å²) < 4.78 is 0. The number of hydrogen-bond donors (Lipinski definition) is 1. The van der Waals surface area contributed by atoms with E-state index in [2.05, 4.69) is 0 Å². The SMILES string of the molecule is CCc1c(O)cc(C(=O)C(=O)c2ccccc2)c(CC)c1CC. The van der Waals surface area contributed by atoms with Crippen LogP contribution in [0.5, 0.6) is 5.75 Å². The van der Waals surface area contributed by atoms with Crippen LogP contribution in [0.25, 0.3) is 0 Å². The van der Waals surface area contributed by atoms with Gasteiger partial charge in [-0.05, 0) is 42.0 Å². The Morgan fingerprint density at radius 3 is 1.91 bits per heavy atom. The Hall–Kier alpha value is -2.42. The Morgan fingerprint density at radius 2 is 1.39 bits per heavy atom. The van der Waals surface area contributed by atoms with E-state index in [0.717, 1.165) is 23.1 Å². The molecule has 0 aliphatic heterocycles. The molecule has 23 heavy (non-hydrogen) atoms. The number of phenols is 1. The van der Waals surface area contributed by atoms with Crippen molar-refractivity contribution in [1.82, 2.24) is 0 Å². The average molecular weight is 310 g/mol. The van der Waals surface area contributed by atoms with E-state index in [1.54, 1.807) is 30.3 Å². The van der Waals surface area contributed by atoms with Crippen LogP contribution in [-0.4, -0.2) is 16.7 Å². The number of carbonyl (C=O) groups is 2. The molecule has 2 aromatic rings. The maximum absolute atomic E-state index is 12.7. The van der Waals surface area contributed by atoms with E-state index >= 15 is 0 Å². The molecule has 0 aromatic heterocycles. The highest BCUT2D eigenvalue weighted by Crippen LogP contribution is 2.30. The zero-order chi connectivity index (χ0) is 17.0. The summed E-state index contributed by atoms with van der Waals surface area (Å²) in [6.45, 7) is 5.94. The lowest BCUT2D eigenvalue weighted by Crippen LogP contribution is -2.18. The molecule has 0 fully saturated rings. The number of rotatable bonds is 6. The number of benzene rings is 2. The Labute approximate surface area is 137 Å². The molecule has 0 bridgehead atoms. The summed E-state index contributed by atoms with van der Waals surface area (Å²) in [5.74, 6) is -0.988. The first-order valence-corrected chi connectivity index (χ1v) is 8.05. The Bertz CT molecular complexity index is 730. The van der Waals surface area contributed by atoms with Gasteiger partial charge in [-0.2, -0.15) is 0 Å². The quantitative estimate of drug-likeness (QED) is 0.644. The standard InChI is InChI=1S/C20H22O3/c1-4-14-15(5-2)17(12-18(21)16(14)6-3)20(23)19(22)13-10-8-7-9-11-13/h7-12,21H,4-6H2,1-3H3. The van der Waals surface area contributed by atoms with Crippen LogP contribution in [0.4, 0.5) is 0 Å². The predicted molar refractivity (Wildman–Crippen MR) is 91.3 cm³/mol. The molecule has 0 saturated carbocycles. The lowest BCUT2D eigenvalue weighted by Gasteiger charge is -2.17. The predicted octanol–water partition coefficient (Wildman–Crippen LogP) is 4.15. The summed E-state index contributed by atoms with van der Waals surface area (Å²) in [4.78, 5) is 25.1. The number of ketones is 2. The van der Waals surface area contributed by atoms with Gasteiger partial charge in [-0.3, -0.25) is 9.59 Å². The average Bonchev–Trinajstić information content (AvgIpc) is 2.59. The maximum atomic E-state index is 12.7. The van der Waals surface area contributed by atoms with E-state index in [1.165, 1.54) is 6.07 Å². The molecule has 0 saturated heterocycles. The minimum atomic E-state index is -0.555. The van der Waals surface area contributed by atoms with Crippen LogP contribution >= 0.6 is 0 Å². The van der Waals surface area contributed by atoms with Crippen LogP contribution in [0.1, 0.15) is 58.2 Å². The normalized spacial score (nSPS) is 10.6. The summed E-state index contributed by atoms with van der Waals surface area (Å²) in [6, 6.07) is 9.99. The molecule has 0 aliphatic rings. The molecular weight excluding hydrogens is 288 g/mol. The summed E-state index contributed by atoms with van der Waals surface area (Å²) in [7, 11) is 0. The molecule has 3 heteroatoms. The number of hydrogen-bond acceptors (Lipinski definition) is 3. The first kappa shape index (κ1) is 16.9. The zero-order valence-corrected chi connectivity index (χ0v) is 13.8. The molecule has 3 nitrogen and oxygen atoms in total. The van der Waals surface area contributed by atoms with Crippen molar-refractivity contribution < 1.29 is 14.7 Å². The van der Waals surface area contributed by atoms with Gasteiger partial charge in [-0.25, -0.2) is 0 Å². The van der Waals surface area contributed by atoms with E-state index in [0.29, 0.717) is 24.0 Å². The summed E-state index contributed by atoms with van der Waals surface area (Å²) in [6.07, 6.45) is 2.07. The van der Waals surface area contributed by atoms with Crippen molar-refractivity contribution >= 4 is 11.6 Å². The zero-order valence-electron chi connectivity index (χ0n) is 13.8. The number of aromatic hydroxyl groups is 1. The Kier molecular flexibility index (Phi) is 5.32. The van der Waals surface area contributed by atoms with Crippen LogP contribution in [0.15, 0.2) is 36.4 Å². The molecule has 1 N–H and O–H groups in total. The molecule has 120 valence electrons. The fraction of sp³-hybridized carbons (Fsp3) is 0.300. The molecule has 0 aliphatic carbocycles. The topological polar surface area (TPSA) is 54.4 Å². The molecule has 0 spiro atoms. The van der Waals surface area contributed by atoms with E-state index in [4.69, 9.17) is 0 Å². The van der Waals surface area contributed by atoms with Crippen LogP contribution in [0, 0.1) is 0 Å². The number of phenolic OH excluding ortho intramolecular Hbond substituents is 1. The van der Waals surface area contributed by atoms with Crippen molar-refractivity contribution in [3.05, 3.63) is 64.2 Å². The van der Waals surface area contributed by atoms with Crippen LogP contribution < -0.4 is 0 Å². The molecular formula is C20H22O3. The van der Waals surface area contributed by atoms with Crippen molar-refractivity contribution in [2.75, 3.05) is 0 Å². The second-order valence-electron chi connectivity index (χ2n) is 5.46. The second kappa shape index (κ2) is 7.23. The van der Waals surface area contributed by atoms with Gasteiger partial charge in [-0.1, -0.05) is 51.1 Å². The number of carbonyl (C=O) groups excluding carboxylic acids is 2. The first-order chi connectivity index (χ1) is 11.0. The van der Waals surface area contributed by atoms with Crippen molar-refractivity contribution in [2.24, 2.45) is 0 Å². The molecule has 0 radical (unpaired) electrons. The molecule has 0 amide bonds. The van der Waals surface area contributed by atoms with E-state index < -0.39 is 11.6 Å². The summed E-state index contributed by atoms with van der Waals surface area (Å²) in [5.41, 5.74) is 3.42. The smallest absolute Gasteiger partial charge is 0.233 e. The second-order valence-corrected chi connectivity index (χ2v) is 5.46. The minimum Gasteiger partial charge on any atom is -0.508 e. The highest BCUT2D eigenvalue weighted by atomic mass is 16.3. The van der Waals surface area contributed by atoms with Gasteiger partial charge < -0.3 is 5.11 Å². The molecule has 2 aromatic carbocycles. The highest BCUT2D eigenvalue weighted by molar-refractivity contribution is 6.49. The lowest BCUT2D eigenvalue weighted by atomic mass is 9.87. The van der Waals surface area contributed by atoms with Gasteiger partial charge in [0.05, 0.1) is 0 Å². The third kappa shape index (κ3) is 3.19. The van der Waals surface area contributed by atoms with Crippen molar-refractivity contribution in [3.63, 3.8) is 0 Å². The molecule has 2 rings (SSSR count). The van der Waals surface area contributed by atoms with Gasteiger partial charge in [0, 0.05) is 11.1 Å². The summed E-state index contributed by atoms with van der Waals surface area (Å²) >= 11 is 0. The molecule has 0 atom stereocenters. The molecule has 0 heterocycles. The minimum absolute atomic E-state index is 0.103.